The largest absolute Gasteiger partial charge is 0.488 e. The minimum atomic E-state index is 0.0892. The van der Waals surface area contributed by atoms with Crippen LogP contribution in [0.4, 0.5) is 0 Å². The summed E-state index contributed by atoms with van der Waals surface area (Å²) in [6.07, 6.45) is 3.68. The lowest BCUT2D eigenvalue weighted by atomic mass is 10.1. The molecule has 4 nitrogen and oxygen atoms in total. The Morgan fingerprint density at radius 3 is 3.00 bits per heavy atom. The van der Waals surface area contributed by atoms with E-state index in [0.29, 0.717) is 13.0 Å². The van der Waals surface area contributed by atoms with Gasteiger partial charge in [0.05, 0.1) is 12.8 Å². The number of benzene rings is 1. The zero-order valence-corrected chi connectivity index (χ0v) is 10.7. The van der Waals surface area contributed by atoms with E-state index in [2.05, 4.69) is 17.0 Å². The van der Waals surface area contributed by atoms with Crippen molar-refractivity contribution >= 4 is 0 Å². The first kappa shape index (κ1) is 13.2. The van der Waals surface area contributed by atoms with Gasteiger partial charge >= 0.3 is 0 Å². The summed E-state index contributed by atoms with van der Waals surface area (Å²) in [5.74, 6) is 6.70. The number of hydrogen-bond donors (Lipinski definition) is 1. The number of aliphatic hydroxyl groups excluding tert-OH is 1. The summed E-state index contributed by atoms with van der Waals surface area (Å²) in [4.78, 5) is 0. The van der Waals surface area contributed by atoms with Crippen LogP contribution in [0.15, 0.2) is 35.2 Å². The molecule has 0 radical (unpaired) electrons. The normalized spacial score (nSPS) is 9.79. The number of rotatable bonds is 4. The van der Waals surface area contributed by atoms with Crippen LogP contribution in [0.1, 0.15) is 23.1 Å². The van der Waals surface area contributed by atoms with Crippen molar-refractivity contribution in [3.05, 3.63) is 47.3 Å². The Morgan fingerprint density at radius 1 is 1.42 bits per heavy atom. The highest BCUT2D eigenvalue weighted by molar-refractivity contribution is 5.43. The molecule has 0 aliphatic rings. The van der Waals surface area contributed by atoms with Crippen molar-refractivity contribution in [2.45, 2.75) is 20.0 Å². The first-order valence-corrected chi connectivity index (χ1v) is 6.01. The third-order valence-electron chi connectivity index (χ3n) is 2.52. The van der Waals surface area contributed by atoms with E-state index in [1.165, 1.54) is 0 Å². The highest BCUT2D eigenvalue weighted by Gasteiger charge is 2.02. The SMILES string of the molecule is Cc1cc(C#CCCO)ccc1OCc1cnoc1. The minimum absolute atomic E-state index is 0.0892. The van der Waals surface area contributed by atoms with E-state index in [9.17, 15) is 0 Å². The molecule has 0 saturated heterocycles. The van der Waals surface area contributed by atoms with Gasteiger partial charge in [-0.2, -0.15) is 0 Å². The smallest absolute Gasteiger partial charge is 0.130 e. The maximum absolute atomic E-state index is 8.67. The third-order valence-corrected chi connectivity index (χ3v) is 2.52. The lowest BCUT2D eigenvalue weighted by molar-refractivity contribution is 0.302. The van der Waals surface area contributed by atoms with Crippen molar-refractivity contribution in [1.82, 2.24) is 5.16 Å². The van der Waals surface area contributed by atoms with Gasteiger partial charge in [-0.25, -0.2) is 0 Å². The second kappa shape index (κ2) is 6.62. The van der Waals surface area contributed by atoms with Gasteiger partial charge < -0.3 is 14.4 Å². The summed E-state index contributed by atoms with van der Waals surface area (Å²) in [5.41, 5.74) is 2.83. The highest BCUT2D eigenvalue weighted by Crippen LogP contribution is 2.20. The predicted octanol–water partition coefficient (Wildman–Crippen LogP) is 2.30. The second-order valence-corrected chi connectivity index (χ2v) is 4.08. The van der Waals surface area contributed by atoms with Gasteiger partial charge in [-0.1, -0.05) is 17.0 Å². The van der Waals surface area contributed by atoms with Gasteiger partial charge in [0.25, 0.3) is 0 Å². The Labute approximate surface area is 112 Å². The van der Waals surface area contributed by atoms with Crippen LogP contribution < -0.4 is 4.74 Å². The van der Waals surface area contributed by atoms with E-state index in [4.69, 9.17) is 14.4 Å². The molecule has 1 heterocycles. The molecule has 1 N–H and O–H groups in total. The van der Waals surface area contributed by atoms with E-state index in [0.717, 1.165) is 22.4 Å². The molecule has 0 atom stereocenters. The van der Waals surface area contributed by atoms with Crippen LogP contribution in [-0.4, -0.2) is 16.9 Å². The molecule has 0 aliphatic carbocycles. The van der Waals surface area contributed by atoms with Gasteiger partial charge in [-0.15, -0.1) is 0 Å². The molecule has 2 rings (SSSR count). The van der Waals surface area contributed by atoms with Crippen LogP contribution in [0.5, 0.6) is 5.75 Å². The van der Waals surface area contributed by atoms with Crippen LogP contribution in [0.3, 0.4) is 0 Å². The van der Waals surface area contributed by atoms with E-state index in [1.54, 1.807) is 12.5 Å². The quantitative estimate of drug-likeness (QED) is 0.854. The molecule has 2 aromatic rings. The first-order chi connectivity index (χ1) is 9.29. The van der Waals surface area contributed by atoms with Crippen molar-refractivity contribution in [3.8, 4) is 17.6 Å². The molecule has 0 fully saturated rings. The Kier molecular flexibility index (Phi) is 4.60. The van der Waals surface area contributed by atoms with Crippen molar-refractivity contribution in [2.24, 2.45) is 0 Å². The van der Waals surface area contributed by atoms with Gasteiger partial charge in [0, 0.05) is 17.5 Å². The van der Waals surface area contributed by atoms with E-state index >= 15 is 0 Å². The number of aliphatic hydroxyl groups is 1. The minimum Gasteiger partial charge on any atom is -0.488 e. The van der Waals surface area contributed by atoms with Gasteiger partial charge in [0.2, 0.25) is 0 Å². The number of ether oxygens (including phenoxy) is 1. The zero-order valence-electron chi connectivity index (χ0n) is 10.7. The molecule has 1 aromatic heterocycles. The molecule has 0 bridgehead atoms. The van der Waals surface area contributed by atoms with Crippen LogP contribution in [-0.2, 0) is 6.61 Å². The fourth-order valence-electron chi connectivity index (χ4n) is 1.57. The van der Waals surface area contributed by atoms with Crippen LogP contribution in [0.25, 0.3) is 0 Å². The summed E-state index contributed by atoms with van der Waals surface area (Å²) >= 11 is 0. The maximum atomic E-state index is 8.67. The summed E-state index contributed by atoms with van der Waals surface area (Å²) in [6, 6.07) is 5.76. The van der Waals surface area contributed by atoms with Gasteiger partial charge in [0.1, 0.15) is 18.6 Å². The van der Waals surface area contributed by atoms with Gasteiger partial charge in [-0.3, -0.25) is 0 Å². The molecule has 0 spiro atoms. The Morgan fingerprint density at radius 2 is 2.32 bits per heavy atom. The topological polar surface area (TPSA) is 55.5 Å². The van der Waals surface area contributed by atoms with E-state index < -0.39 is 0 Å². The maximum Gasteiger partial charge on any atom is 0.130 e. The second-order valence-electron chi connectivity index (χ2n) is 4.08. The van der Waals surface area contributed by atoms with Crippen molar-refractivity contribution < 1.29 is 14.4 Å². The van der Waals surface area contributed by atoms with Crippen LogP contribution in [0.2, 0.25) is 0 Å². The Hall–Kier alpha value is -2.25. The lowest BCUT2D eigenvalue weighted by Gasteiger charge is -2.07. The van der Waals surface area contributed by atoms with Gasteiger partial charge in [0.15, 0.2) is 0 Å². The molecule has 1 aromatic carbocycles. The van der Waals surface area contributed by atoms with Crippen LogP contribution in [0, 0.1) is 18.8 Å². The number of aryl methyl sites for hydroxylation is 1. The molecule has 0 amide bonds. The molecule has 4 heteroatoms. The summed E-state index contributed by atoms with van der Waals surface area (Å²) in [5, 5.41) is 12.3. The predicted molar refractivity (Wildman–Crippen MR) is 70.6 cm³/mol. The molecule has 98 valence electrons. The third kappa shape index (κ3) is 3.87. The van der Waals surface area contributed by atoms with E-state index in [-0.39, 0.29) is 6.61 Å². The number of nitrogens with zero attached hydrogens (tertiary/aromatic N) is 1. The van der Waals surface area contributed by atoms with Crippen molar-refractivity contribution in [3.63, 3.8) is 0 Å². The average molecular weight is 257 g/mol. The lowest BCUT2D eigenvalue weighted by Crippen LogP contribution is -1.96. The fraction of sp³-hybridized carbons (Fsp3) is 0.267. The standard InChI is InChI=1S/C15H15NO3/c1-12-8-13(4-2-3-7-17)5-6-15(12)18-10-14-9-16-19-11-14/h5-6,8-9,11,17H,3,7,10H2,1H3. The number of hydrogen-bond acceptors (Lipinski definition) is 4. The molecule has 0 unspecified atom stereocenters. The van der Waals surface area contributed by atoms with Gasteiger partial charge in [-0.05, 0) is 30.7 Å². The number of aromatic nitrogens is 1. The Balaban J connectivity index is 2.01. The zero-order chi connectivity index (χ0) is 13.5. The van der Waals surface area contributed by atoms with Crippen molar-refractivity contribution in [1.29, 1.82) is 0 Å². The fourth-order valence-corrected chi connectivity index (χ4v) is 1.57. The molecular formula is C15H15NO3. The van der Waals surface area contributed by atoms with Crippen LogP contribution >= 0.6 is 0 Å². The molecule has 19 heavy (non-hydrogen) atoms. The van der Waals surface area contributed by atoms with E-state index in [1.807, 2.05) is 25.1 Å². The highest BCUT2D eigenvalue weighted by atomic mass is 16.5. The summed E-state index contributed by atoms with van der Waals surface area (Å²) in [7, 11) is 0. The summed E-state index contributed by atoms with van der Waals surface area (Å²) in [6.45, 7) is 2.49. The average Bonchev–Trinajstić information content (AvgIpc) is 2.91. The summed E-state index contributed by atoms with van der Waals surface area (Å²) < 4.78 is 10.4. The molecule has 0 aliphatic heterocycles. The monoisotopic (exact) mass is 257 g/mol. The molecule has 0 saturated carbocycles. The van der Waals surface area contributed by atoms with Crippen molar-refractivity contribution in [2.75, 3.05) is 6.61 Å². The molecular weight excluding hydrogens is 242 g/mol. The Bertz CT molecular complexity index is 579. The first-order valence-electron chi connectivity index (χ1n) is 6.01.